The Balaban J connectivity index is 2.29. The predicted octanol–water partition coefficient (Wildman–Crippen LogP) is 1.58. The minimum absolute atomic E-state index is 0.559. The lowest BCUT2D eigenvalue weighted by Gasteiger charge is -2.39. The number of carboxylic acids is 1. The van der Waals surface area contributed by atoms with Gasteiger partial charge in [0.1, 0.15) is 0 Å². The third-order valence-electron chi connectivity index (χ3n) is 3.12. The van der Waals surface area contributed by atoms with Gasteiger partial charge in [0.25, 0.3) is 0 Å². The van der Waals surface area contributed by atoms with Gasteiger partial charge in [-0.2, -0.15) is 0 Å². The molecule has 1 N–H and O–H groups in total. The van der Waals surface area contributed by atoms with Crippen molar-refractivity contribution in [1.29, 1.82) is 0 Å². The van der Waals surface area contributed by atoms with Gasteiger partial charge < -0.3 is 10.0 Å². The molecular weight excluding hydrogens is 166 g/mol. The Morgan fingerprint density at radius 1 is 1.62 bits per heavy atom. The zero-order valence-electron chi connectivity index (χ0n) is 8.71. The van der Waals surface area contributed by atoms with Crippen molar-refractivity contribution in [3.05, 3.63) is 0 Å². The van der Waals surface area contributed by atoms with Crippen LogP contribution in [0.25, 0.3) is 0 Å². The first kappa shape index (κ1) is 10.5. The van der Waals surface area contributed by atoms with E-state index in [1.54, 1.807) is 13.8 Å². The maximum absolute atomic E-state index is 10.8. The molecule has 0 radical (unpaired) electrons. The van der Waals surface area contributed by atoms with Crippen LogP contribution in [0.15, 0.2) is 0 Å². The van der Waals surface area contributed by atoms with Gasteiger partial charge in [-0.3, -0.25) is 4.79 Å². The molecule has 1 heterocycles. The minimum atomic E-state index is -0.686. The number of likely N-dealkylation sites (tertiary alicyclic amines) is 1. The summed E-state index contributed by atoms with van der Waals surface area (Å²) < 4.78 is 0. The first-order valence-corrected chi connectivity index (χ1v) is 4.87. The van der Waals surface area contributed by atoms with Crippen LogP contribution in [0.4, 0.5) is 0 Å². The molecule has 0 saturated carbocycles. The Labute approximate surface area is 79.7 Å². The van der Waals surface area contributed by atoms with Crippen LogP contribution in [0.3, 0.4) is 0 Å². The first-order chi connectivity index (χ1) is 5.93. The summed E-state index contributed by atoms with van der Waals surface area (Å²) in [6, 6.07) is 0.624. The van der Waals surface area contributed by atoms with Gasteiger partial charge >= 0.3 is 5.97 Å². The molecule has 13 heavy (non-hydrogen) atoms. The van der Waals surface area contributed by atoms with Crippen LogP contribution in [0.2, 0.25) is 0 Å². The summed E-state index contributed by atoms with van der Waals surface area (Å²) in [6.45, 7) is 4.76. The van der Waals surface area contributed by atoms with Gasteiger partial charge in [0, 0.05) is 6.04 Å². The van der Waals surface area contributed by atoms with Crippen molar-refractivity contribution in [1.82, 2.24) is 4.90 Å². The van der Waals surface area contributed by atoms with Crippen molar-refractivity contribution in [3.8, 4) is 0 Å². The second kappa shape index (κ2) is 3.66. The van der Waals surface area contributed by atoms with Gasteiger partial charge in [0.2, 0.25) is 0 Å². The quantitative estimate of drug-likeness (QED) is 0.723. The summed E-state index contributed by atoms with van der Waals surface area (Å²) in [5, 5.41) is 8.90. The Morgan fingerprint density at radius 2 is 2.23 bits per heavy atom. The van der Waals surface area contributed by atoms with E-state index in [2.05, 4.69) is 11.9 Å². The van der Waals surface area contributed by atoms with E-state index in [4.69, 9.17) is 5.11 Å². The molecule has 76 valence electrons. The molecule has 0 bridgehead atoms. The molecular formula is C10H19NO2. The maximum Gasteiger partial charge on any atom is 0.309 e. The summed E-state index contributed by atoms with van der Waals surface area (Å²) in [5.74, 6) is -0.686. The van der Waals surface area contributed by atoms with Gasteiger partial charge in [-0.25, -0.2) is 0 Å². The Kier molecular flexibility index (Phi) is 2.96. The van der Waals surface area contributed by atoms with Crippen LogP contribution in [0.1, 0.15) is 33.1 Å². The first-order valence-electron chi connectivity index (χ1n) is 4.87. The number of nitrogens with zero attached hydrogens (tertiary/aromatic N) is 1. The topological polar surface area (TPSA) is 40.5 Å². The number of aliphatic carboxylic acids is 1. The van der Waals surface area contributed by atoms with Gasteiger partial charge in [0.15, 0.2) is 0 Å². The van der Waals surface area contributed by atoms with Gasteiger partial charge in [-0.15, -0.1) is 0 Å². The zero-order chi connectivity index (χ0) is 10.1. The lowest BCUT2D eigenvalue weighted by molar-refractivity contribution is -0.147. The summed E-state index contributed by atoms with van der Waals surface area (Å²) in [5.41, 5.74) is -0.559. The van der Waals surface area contributed by atoms with E-state index < -0.39 is 11.4 Å². The predicted molar refractivity (Wildman–Crippen MR) is 51.7 cm³/mol. The second-order valence-corrected chi connectivity index (χ2v) is 4.65. The molecule has 1 rings (SSSR count). The van der Waals surface area contributed by atoms with Crippen molar-refractivity contribution in [2.24, 2.45) is 5.41 Å². The summed E-state index contributed by atoms with van der Waals surface area (Å²) in [4.78, 5) is 13.1. The van der Waals surface area contributed by atoms with E-state index >= 15 is 0 Å². The van der Waals surface area contributed by atoms with Crippen LogP contribution in [0, 0.1) is 5.41 Å². The molecule has 1 fully saturated rings. The normalized spacial score (nSPS) is 24.1. The van der Waals surface area contributed by atoms with Gasteiger partial charge in [-0.05, 0) is 46.7 Å². The molecule has 0 aromatic heterocycles. The fraction of sp³-hybridized carbons (Fsp3) is 0.900. The highest BCUT2D eigenvalue weighted by atomic mass is 16.4. The summed E-state index contributed by atoms with van der Waals surface area (Å²) in [6.07, 6.45) is 3.01. The van der Waals surface area contributed by atoms with E-state index in [-0.39, 0.29) is 0 Å². The highest BCUT2D eigenvalue weighted by molar-refractivity contribution is 5.73. The molecule has 0 aromatic carbocycles. The molecule has 1 saturated heterocycles. The Bertz CT molecular complexity index is 201. The molecule has 0 aliphatic carbocycles. The van der Waals surface area contributed by atoms with Crippen molar-refractivity contribution in [3.63, 3.8) is 0 Å². The molecule has 1 atom stereocenters. The van der Waals surface area contributed by atoms with E-state index in [1.807, 2.05) is 0 Å². The minimum Gasteiger partial charge on any atom is -0.481 e. The highest BCUT2D eigenvalue weighted by Crippen LogP contribution is 2.28. The van der Waals surface area contributed by atoms with Gasteiger partial charge in [0.05, 0.1) is 5.41 Å². The van der Waals surface area contributed by atoms with Crippen molar-refractivity contribution in [2.75, 3.05) is 13.6 Å². The maximum atomic E-state index is 10.8. The van der Waals surface area contributed by atoms with Crippen molar-refractivity contribution in [2.45, 2.75) is 39.2 Å². The average molecular weight is 185 g/mol. The van der Waals surface area contributed by atoms with E-state index in [0.717, 1.165) is 19.4 Å². The summed E-state index contributed by atoms with van der Waals surface area (Å²) in [7, 11) is 2.10. The third kappa shape index (κ3) is 2.44. The number of hydrogen-bond donors (Lipinski definition) is 1. The fourth-order valence-corrected chi connectivity index (χ4v) is 1.57. The third-order valence-corrected chi connectivity index (χ3v) is 3.12. The molecule has 1 unspecified atom stereocenters. The molecule has 1 aliphatic heterocycles. The van der Waals surface area contributed by atoms with Crippen molar-refractivity contribution >= 4 is 5.97 Å². The average Bonchev–Trinajstić information content (AvgIpc) is 2.01. The van der Waals surface area contributed by atoms with Crippen LogP contribution >= 0.6 is 0 Å². The van der Waals surface area contributed by atoms with Crippen LogP contribution in [0.5, 0.6) is 0 Å². The van der Waals surface area contributed by atoms with E-state index in [1.165, 1.54) is 6.42 Å². The second-order valence-electron chi connectivity index (χ2n) is 4.65. The highest BCUT2D eigenvalue weighted by Gasteiger charge is 2.31. The molecule has 0 amide bonds. The SMILES string of the molecule is CN1CCC1CCC(C)(C)C(=O)O. The lowest BCUT2D eigenvalue weighted by Crippen LogP contribution is -2.45. The number of carboxylic acid groups (broad SMARTS) is 1. The molecule has 3 nitrogen and oxygen atoms in total. The number of carbonyl (C=O) groups is 1. The number of hydrogen-bond acceptors (Lipinski definition) is 2. The van der Waals surface area contributed by atoms with E-state index in [9.17, 15) is 4.79 Å². The van der Waals surface area contributed by atoms with Crippen LogP contribution in [-0.4, -0.2) is 35.6 Å². The largest absolute Gasteiger partial charge is 0.481 e. The Hall–Kier alpha value is -0.570. The fourth-order valence-electron chi connectivity index (χ4n) is 1.57. The van der Waals surface area contributed by atoms with Crippen LogP contribution < -0.4 is 0 Å². The summed E-state index contributed by atoms with van der Waals surface area (Å²) >= 11 is 0. The molecule has 0 aromatic rings. The lowest BCUT2D eigenvalue weighted by atomic mass is 9.84. The Morgan fingerprint density at radius 3 is 2.54 bits per heavy atom. The number of rotatable bonds is 4. The molecule has 1 aliphatic rings. The smallest absolute Gasteiger partial charge is 0.309 e. The van der Waals surface area contributed by atoms with E-state index in [0.29, 0.717) is 6.04 Å². The molecule has 3 heteroatoms. The monoisotopic (exact) mass is 185 g/mol. The van der Waals surface area contributed by atoms with Crippen molar-refractivity contribution < 1.29 is 9.90 Å². The standard InChI is InChI=1S/C10H19NO2/c1-10(2,9(12)13)6-4-8-5-7-11(8)3/h8H,4-7H2,1-3H3,(H,12,13). The zero-order valence-corrected chi connectivity index (χ0v) is 8.71. The van der Waals surface area contributed by atoms with Crippen LogP contribution in [-0.2, 0) is 4.79 Å². The van der Waals surface area contributed by atoms with Gasteiger partial charge in [-0.1, -0.05) is 0 Å². The molecule has 0 spiro atoms.